The van der Waals surface area contributed by atoms with Gasteiger partial charge in [0.05, 0.1) is 19.4 Å². The van der Waals surface area contributed by atoms with Gasteiger partial charge in [-0.05, 0) is 45.0 Å². The summed E-state index contributed by atoms with van der Waals surface area (Å²) >= 11 is 0. The second kappa shape index (κ2) is 5.96. The molecule has 18 heavy (non-hydrogen) atoms. The Bertz CT molecular complexity index is 395. The van der Waals surface area contributed by atoms with E-state index >= 15 is 0 Å². The van der Waals surface area contributed by atoms with E-state index in [9.17, 15) is 0 Å². The quantitative estimate of drug-likeness (QED) is 0.813. The van der Waals surface area contributed by atoms with Gasteiger partial charge in [-0.15, -0.1) is 0 Å². The monoisotopic (exact) mass is 250 g/mol. The molecular weight excluding hydrogens is 228 g/mol. The fraction of sp³-hybridized carbons (Fsp3) is 0.571. The Labute approximate surface area is 109 Å². The number of anilines is 1. The number of ether oxygens (including phenoxy) is 2. The van der Waals surface area contributed by atoms with Crippen LogP contribution < -0.4 is 15.2 Å². The van der Waals surface area contributed by atoms with Gasteiger partial charge in [-0.25, -0.2) is 0 Å². The highest BCUT2D eigenvalue weighted by Crippen LogP contribution is 2.27. The third-order valence-electron chi connectivity index (χ3n) is 3.60. The number of nitrogens with zero attached hydrogens (tertiary/aromatic N) is 1. The van der Waals surface area contributed by atoms with Gasteiger partial charge in [0.1, 0.15) is 11.5 Å². The number of hydrogen-bond acceptors (Lipinski definition) is 4. The number of nitrogens with two attached hydrogens (primary N) is 1. The minimum Gasteiger partial charge on any atom is -0.494 e. The Hall–Kier alpha value is -1.42. The van der Waals surface area contributed by atoms with Crippen molar-refractivity contribution in [3.8, 4) is 11.5 Å². The maximum absolute atomic E-state index is 5.76. The molecule has 1 aromatic rings. The number of methoxy groups -OCH3 is 1. The first kappa shape index (κ1) is 13.0. The van der Waals surface area contributed by atoms with Crippen molar-refractivity contribution in [3.63, 3.8) is 0 Å². The zero-order valence-electron chi connectivity index (χ0n) is 11.2. The van der Waals surface area contributed by atoms with Crippen LogP contribution in [0.5, 0.6) is 11.5 Å². The molecular formula is C14H22N2O2. The van der Waals surface area contributed by atoms with Crippen LogP contribution in [-0.2, 0) is 0 Å². The van der Waals surface area contributed by atoms with Crippen LogP contribution >= 0.6 is 0 Å². The molecule has 1 fully saturated rings. The SMILES string of the molecule is COc1cc(OCCC2CCCN2C)ccc1N. The number of rotatable bonds is 5. The van der Waals surface area contributed by atoms with Gasteiger partial charge in [0.25, 0.3) is 0 Å². The molecule has 0 bridgehead atoms. The fourth-order valence-electron chi connectivity index (χ4n) is 2.44. The van der Waals surface area contributed by atoms with Gasteiger partial charge in [-0.1, -0.05) is 0 Å². The smallest absolute Gasteiger partial charge is 0.145 e. The second-order valence-corrected chi connectivity index (χ2v) is 4.82. The van der Waals surface area contributed by atoms with E-state index in [1.54, 1.807) is 7.11 Å². The van der Waals surface area contributed by atoms with Gasteiger partial charge in [0.15, 0.2) is 0 Å². The lowest BCUT2D eigenvalue weighted by Crippen LogP contribution is -2.26. The number of likely N-dealkylation sites (tertiary alicyclic amines) is 1. The van der Waals surface area contributed by atoms with Crippen molar-refractivity contribution in [1.82, 2.24) is 4.90 Å². The molecule has 100 valence electrons. The van der Waals surface area contributed by atoms with Crippen LogP contribution in [0.4, 0.5) is 5.69 Å². The third kappa shape index (κ3) is 3.07. The number of hydrogen-bond donors (Lipinski definition) is 1. The summed E-state index contributed by atoms with van der Waals surface area (Å²) in [5.41, 5.74) is 6.40. The molecule has 2 N–H and O–H groups in total. The van der Waals surface area contributed by atoms with Crippen molar-refractivity contribution in [2.75, 3.05) is 33.0 Å². The Balaban J connectivity index is 1.83. The van der Waals surface area contributed by atoms with Crippen molar-refractivity contribution in [1.29, 1.82) is 0 Å². The van der Waals surface area contributed by atoms with E-state index in [-0.39, 0.29) is 0 Å². The number of benzene rings is 1. The summed E-state index contributed by atoms with van der Waals surface area (Å²) in [6.07, 6.45) is 3.66. The van der Waals surface area contributed by atoms with Crippen molar-refractivity contribution in [3.05, 3.63) is 18.2 Å². The molecule has 4 nitrogen and oxygen atoms in total. The summed E-state index contributed by atoms with van der Waals surface area (Å²) < 4.78 is 10.9. The van der Waals surface area contributed by atoms with Crippen LogP contribution in [0, 0.1) is 0 Å². The zero-order chi connectivity index (χ0) is 13.0. The van der Waals surface area contributed by atoms with Crippen molar-refractivity contribution < 1.29 is 9.47 Å². The molecule has 0 amide bonds. The second-order valence-electron chi connectivity index (χ2n) is 4.82. The third-order valence-corrected chi connectivity index (χ3v) is 3.60. The van der Waals surface area contributed by atoms with Crippen LogP contribution in [0.25, 0.3) is 0 Å². The predicted octanol–water partition coefficient (Wildman–Crippen LogP) is 2.14. The highest BCUT2D eigenvalue weighted by molar-refractivity contribution is 5.55. The average Bonchev–Trinajstić information content (AvgIpc) is 2.77. The Kier molecular flexibility index (Phi) is 4.31. The summed E-state index contributed by atoms with van der Waals surface area (Å²) in [7, 11) is 3.80. The summed E-state index contributed by atoms with van der Waals surface area (Å²) in [5, 5.41) is 0. The minimum atomic E-state index is 0.639. The fourth-order valence-corrected chi connectivity index (χ4v) is 2.44. The first-order valence-electron chi connectivity index (χ1n) is 6.47. The molecule has 1 heterocycles. The van der Waals surface area contributed by atoms with Gasteiger partial charge < -0.3 is 20.1 Å². The molecule has 0 aliphatic carbocycles. The molecule has 1 atom stereocenters. The van der Waals surface area contributed by atoms with E-state index in [1.165, 1.54) is 19.4 Å². The summed E-state index contributed by atoms with van der Waals surface area (Å²) in [6, 6.07) is 6.21. The van der Waals surface area contributed by atoms with Crippen LogP contribution in [0.2, 0.25) is 0 Å². The Morgan fingerprint density at radius 1 is 1.44 bits per heavy atom. The van der Waals surface area contributed by atoms with E-state index in [1.807, 2.05) is 18.2 Å². The normalized spacial score (nSPS) is 20.0. The first-order valence-corrected chi connectivity index (χ1v) is 6.47. The standard InChI is InChI=1S/C14H22N2O2/c1-16-8-3-4-11(16)7-9-18-12-5-6-13(15)14(10-12)17-2/h5-6,10-11H,3-4,7-9,15H2,1-2H3. The predicted molar refractivity (Wildman–Crippen MR) is 73.2 cm³/mol. The van der Waals surface area contributed by atoms with E-state index in [4.69, 9.17) is 15.2 Å². The van der Waals surface area contributed by atoms with Crippen LogP contribution in [0.1, 0.15) is 19.3 Å². The van der Waals surface area contributed by atoms with Gasteiger partial charge in [0, 0.05) is 12.1 Å². The Morgan fingerprint density at radius 3 is 2.94 bits per heavy atom. The topological polar surface area (TPSA) is 47.7 Å². The molecule has 0 aromatic heterocycles. The van der Waals surface area contributed by atoms with Crippen LogP contribution in [0.15, 0.2) is 18.2 Å². The highest BCUT2D eigenvalue weighted by Gasteiger charge is 2.20. The van der Waals surface area contributed by atoms with Crippen molar-refractivity contribution >= 4 is 5.69 Å². The summed E-state index contributed by atoms with van der Waals surface area (Å²) in [5.74, 6) is 1.49. The molecule has 1 aromatic carbocycles. The summed E-state index contributed by atoms with van der Waals surface area (Å²) in [4.78, 5) is 2.41. The largest absolute Gasteiger partial charge is 0.494 e. The van der Waals surface area contributed by atoms with Crippen molar-refractivity contribution in [2.24, 2.45) is 0 Å². The minimum absolute atomic E-state index is 0.639. The molecule has 1 unspecified atom stereocenters. The molecule has 0 spiro atoms. The van der Waals surface area contributed by atoms with Crippen molar-refractivity contribution in [2.45, 2.75) is 25.3 Å². The molecule has 4 heteroatoms. The van der Waals surface area contributed by atoms with Gasteiger partial charge in [-0.2, -0.15) is 0 Å². The lowest BCUT2D eigenvalue weighted by atomic mass is 10.1. The molecule has 0 saturated carbocycles. The first-order chi connectivity index (χ1) is 8.70. The van der Waals surface area contributed by atoms with E-state index in [0.29, 0.717) is 17.5 Å². The van der Waals surface area contributed by atoms with E-state index < -0.39 is 0 Å². The van der Waals surface area contributed by atoms with Gasteiger partial charge in [0.2, 0.25) is 0 Å². The van der Waals surface area contributed by atoms with Crippen LogP contribution in [0.3, 0.4) is 0 Å². The number of nitrogen functional groups attached to an aromatic ring is 1. The van der Waals surface area contributed by atoms with E-state index in [2.05, 4.69) is 11.9 Å². The maximum Gasteiger partial charge on any atom is 0.145 e. The van der Waals surface area contributed by atoms with Gasteiger partial charge >= 0.3 is 0 Å². The molecule has 1 saturated heterocycles. The molecule has 0 radical (unpaired) electrons. The average molecular weight is 250 g/mol. The summed E-state index contributed by atoms with van der Waals surface area (Å²) in [6.45, 7) is 1.95. The van der Waals surface area contributed by atoms with Gasteiger partial charge in [-0.3, -0.25) is 0 Å². The maximum atomic E-state index is 5.76. The van der Waals surface area contributed by atoms with E-state index in [0.717, 1.165) is 18.8 Å². The lowest BCUT2D eigenvalue weighted by Gasteiger charge is -2.19. The molecule has 1 aliphatic heterocycles. The molecule has 2 rings (SSSR count). The zero-order valence-corrected chi connectivity index (χ0v) is 11.2. The van der Waals surface area contributed by atoms with Crippen LogP contribution in [-0.4, -0.2) is 38.3 Å². The Morgan fingerprint density at radius 2 is 2.28 bits per heavy atom. The molecule has 1 aliphatic rings. The highest BCUT2D eigenvalue weighted by atomic mass is 16.5. The lowest BCUT2D eigenvalue weighted by molar-refractivity contribution is 0.233.